The monoisotopic (exact) mass is 320 g/mol. The predicted octanol–water partition coefficient (Wildman–Crippen LogP) is 1.95. The number of hydrogen-bond acceptors (Lipinski definition) is 4. The molecule has 1 heterocycles. The van der Waals surface area contributed by atoms with Crippen LogP contribution < -0.4 is 5.32 Å². The highest BCUT2D eigenvalue weighted by atomic mass is 16.5. The lowest BCUT2D eigenvalue weighted by Gasteiger charge is -2.25. The van der Waals surface area contributed by atoms with Gasteiger partial charge in [0.2, 0.25) is 5.91 Å². The molecular formula is C18H28N2O3. The Hall–Kier alpha value is -1.43. The summed E-state index contributed by atoms with van der Waals surface area (Å²) in [6.45, 7) is 8.68. The molecule has 0 spiro atoms. The second-order valence-corrected chi connectivity index (χ2v) is 5.90. The Morgan fingerprint density at radius 1 is 1.35 bits per heavy atom. The van der Waals surface area contributed by atoms with E-state index in [9.17, 15) is 4.79 Å². The Bertz CT molecular complexity index is 493. The number of carbonyl (C=O) groups excluding carboxylic acids is 1. The topological polar surface area (TPSA) is 50.8 Å². The molecule has 1 aliphatic rings. The van der Waals surface area contributed by atoms with Crippen molar-refractivity contribution in [3.8, 4) is 0 Å². The van der Waals surface area contributed by atoms with Crippen molar-refractivity contribution in [2.24, 2.45) is 0 Å². The molecule has 0 saturated carbocycles. The number of carbonyl (C=O) groups is 1. The second kappa shape index (κ2) is 9.65. The summed E-state index contributed by atoms with van der Waals surface area (Å²) in [6, 6.07) is 8.46. The minimum Gasteiger partial charge on any atom is -0.380 e. The van der Waals surface area contributed by atoms with Crippen LogP contribution in [0.1, 0.15) is 31.4 Å². The Balaban J connectivity index is 1.84. The zero-order valence-electron chi connectivity index (χ0n) is 14.2. The zero-order valence-corrected chi connectivity index (χ0v) is 14.2. The van der Waals surface area contributed by atoms with Crippen molar-refractivity contribution < 1.29 is 14.3 Å². The fraction of sp³-hybridized carbons (Fsp3) is 0.611. The summed E-state index contributed by atoms with van der Waals surface area (Å²) in [7, 11) is 0. The largest absolute Gasteiger partial charge is 0.380 e. The molecule has 0 bridgehead atoms. The summed E-state index contributed by atoms with van der Waals surface area (Å²) in [5, 5.41) is 3.03. The molecule has 1 unspecified atom stereocenters. The van der Waals surface area contributed by atoms with Crippen molar-refractivity contribution in [2.75, 3.05) is 32.9 Å². The van der Waals surface area contributed by atoms with Crippen LogP contribution in [0.4, 0.5) is 0 Å². The van der Waals surface area contributed by atoms with Gasteiger partial charge in [0.15, 0.2) is 0 Å². The molecule has 1 atom stereocenters. The maximum Gasteiger partial charge on any atom is 0.234 e. The van der Waals surface area contributed by atoms with Crippen LogP contribution in [0.15, 0.2) is 24.3 Å². The molecule has 1 saturated heterocycles. The lowest BCUT2D eigenvalue weighted by molar-refractivity contribution is -0.122. The Kier molecular flexibility index (Phi) is 7.52. The van der Waals surface area contributed by atoms with E-state index in [1.807, 2.05) is 31.2 Å². The summed E-state index contributed by atoms with van der Waals surface area (Å²) in [5.41, 5.74) is 2.24. The van der Waals surface area contributed by atoms with Crippen LogP contribution in [-0.4, -0.2) is 49.8 Å². The van der Waals surface area contributed by atoms with Gasteiger partial charge in [0.1, 0.15) is 0 Å². The van der Waals surface area contributed by atoms with Crippen LogP contribution in [0.5, 0.6) is 0 Å². The van der Waals surface area contributed by atoms with Gasteiger partial charge >= 0.3 is 0 Å². The maximum absolute atomic E-state index is 12.2. The highest BCUT2D eigenvalue weighted by Crippen LogP contribution is 2.11. The Morgan fingerprint density at radius 3 is 2.91 bits per heavy atom. The van der Waals surface area contributed by atoms with Crippen molar-refractivity contribution in [1.82, 2.24) is 10.2 Å². The molecule has 1 aliphatic heterocycles. The van der Waals surface area contributed by atoms with E-state index in [1.165, 1.54) is 0 Å². The Labute approximate surface area is 139 Å². The first kappa shape index (κ1) is 17.9. The van der Waals surface area contributed by atoms with E-state index in [0.717, 1.165) is 30.7 Å². The average molecular weight is 320 g/mol. The minimum absolute atomic E-state index is 0.0602. The molecule has 5 nitrogen and oxygen atoms in total. The van der Waals surface area contributed by atoms with Gasteiger partial charge < -0.3 is 14.8 Å². The van der Waals surface area contributed by atoms with Gasteiger partial charge in [0.05, 0.1) is 19.8 Å². The second-order valence-electron chi connectivity index (χ2n) is 5.90. The third-order valence-electron chi connectivity index (χ3n) is 4.23. The molecular weight excluding hydrogens is 292 g/mol. The van der Waals surface area contributed by atoms with Gasteiger partial charge in [-0.2, -0.15) is 0 Å². The number of nitrogens with one attached hydrogen (secondary N) is 1. The molecule has 5 heteroatoms. The summed E-state index contributed by atoms with van der Waals surface area (Å²) < 4.78 is 11.0. The van der Waals surface area contributed by atoms with Crippen molar-refractivity contribution in [1.29, 1.82) is 0 Å². The summed E-state index contributed by atoms with van der Waals surface area (Å²) in [6.07, 6.45) is 0.977. The fourth-order valence-electron chi connectivity index (χ4n) is 2.69. The van der Waals surface area contributed by atoms with Crippen molar-refractivity contribution in [2.45, 2.75) is 39.5 Å². The van der Waals surface area contributed by atoms with E-state index in [0.29, 0.717) is 39.0 Å². The molecule has 1 aromatic carbocycles. The standard InChI is InChI=1S/C18H28N2O3/c1-3-22-14-17-7-5-4-6-16(17)12-19-18(21)13-20-9-11-23-10-8-15(20)2/h4-7,15H,3,8-14H2,1-2H3,(H,19,21). The summed E-state index contributed by atoms with van der Waals surface area (Å²) in [5.74, 6) is 0.0602. The first-order chi connectivity index (χ1) is 11.2. The van der Waals surface area contributed by atoms with E-state index < -0.39 is 0 Å². The maximum atomic E-state index is 12.2. The van der Waals surface area contributed by atoms with Gasteiger partial charge in [-0.3, -0.25) is 9.69 Å². The van der Waals surface area contributed by atoms with Gasteiger partial charge in [-0.1, -0.05) is 24.3 Å². The van der Waals surface area contributed by atoms with Crippen LogP contribution in [-0.2, 0) is 27.4 Å². The van der Waals surface area contributed by atoms with E-state index in [1.54, 1.807) is 0 Å². The van der Waals surface area contributed by atoms with Gasteiger partial charge in [-0.15, -0.1) is 0 Å². The smallest absolute Gasteiger partial charge is 0.234 e. The lowest BCUT2D eigenvalue weighted by atomic mass is 10.1. The van der Waals surface area contributed by atoms with Crippen LogP contribution in [0.2, 0.25) is 0 Å². The van der Waals surface area contributed by atoms with E-state index in [-0.39, 0.29) is 5.91 Å². The third-order valence-corrected chi connectivity index (χ3v) is 4.23. The van der Waals surface area contributed by atoms with Crippen molar-refractivity contribution >= 4 is 5.91 Å². The first-order valence-electron chi connectivity index (χ1n) is 8.43. The first-order valence-corrected chi connectivity index (χ1v) is 8.43. The normalized spacial score (nSPS) is 19.3. The predicted molar refractivity (Wildman–Crippen MR) is 90.1 cm³/mol. The fourth-order valence-corrected chi connectivity index (χ4v) is 2.69. The molecule has 23 heavy (non-hydrogen) atoms. The van der Waals surface area contributed by atoms with Crippen molar-refractivity contribution in [3.05, 3.63) is 35.4 Å². The third kappa shape index (κ3) is 5.94. The van der Waals surface area contributed by atoms with E-state index in [2.05, 4.69) is 17.1 Å². The van der Waals surface area contributed by atoms with Gasteiger partial charge in [0.25, 0.3) is 0 Å². The minimum atomic E-state index is 0.0602. The van der Waals surface area contributed by atoms with Gasteiger partial charge in [-0.05, 0) is 31.4 Å². The van der Waals surface area contributed by atoms with Crippen LogP contribution in [0.3, 0.4) is 0 Å². The molecule has 128 valence electrons. The van der Waals surface area contributed by atoms with Crippen LogP contribution in [0.25, 0.3) is 0 Å². The highest BCUT2D eigenvalue weighted by Gasteiger charge is 2.19. The summed E-state index contributed by atoms with van der Waals surface area (Å²) >= 11 is 0. The van der Waals surface area contributed by atoms with Gasteiger partial charge in [-0.25, -0.2) is 0 Å². The average Bonchev–Trinajstić information content (AvgIpc) is 2.76. The number of amides is 1. The Morgan fingerprint density at radius 2 is 2.13 bits per heavy atom. The number of ether oxygens (including phenoxy) is 2. The molecule has 1 aromatic rings. The zero-order chi connectivity index (χ0) is 16.5. The molecule has 0 aromatic heterocycles. The lowest BCUT2D eigenvalue weighted by Crippen LogP contribution is -2.42. The molecule has 1 amide bonds. The number of hydrogen-bond donors (Lipinski definition) is 1. The van der Waals surface area contributed by atoms with E-state index in [4.69, 9.17) is 9.47 Å². The molecule has 1 fully saturated rings. The molecule has 0 aliphatic carbocycles. The molecule has 1 N–H and O–H groups in total. The quantitative estimate of drug-likeness (QED) is 0.834. The number of benzene rings is 1. The van der Waals surface area contributed by atoms with Crippen LogP contribution in [0, 0.1) is 0 Å². The number of nitrogens with zero attached hydrogens (tertiary/aromatic N) is 1. The molecule has 0 radical (unpaired) electrons. The van der Waals surface area contributed by atoms with Crippen LogP contribution >= 0.6 is 0 Å². The highest BCUT2D eigenvalue weighted by molar-refractivity contribution is 5.78. The molecule has 2 rings (SSSR count). The SMILES string of the molecule is CCOCc1ccccc1CNC(=O)CN1CCOCCC1C. The number of rotatable bonds is 7. The van der Waals surface area contributed by atoms with E-state index >= 15 is 0 Å². The van der Waals surface area contributed by atoms with Crippen molar-refractivity contribution in [3.63, 3.8) is 0 Å². The summed E-state index contributed by atoms with van der Waals surface area (Å²) in [4.78, 5) is 14.4. The van der Waals surface area contributed by atoms with Gasteiger partial charge in [0, 0.05) is 32.3 Å².